The lowest BCUT2D eigenvalue weighted by Crippen LogP contribution is -2.11. The summed E-state index contributed by atoms with van der Waals surface area (Å²) in [6, 6.07) is 15.5. The number of nitrogens with one attached hydrogen (secondary N) is 1. The quantitative estimate of drug-likeness (QED) is 0.387. The molecule has 1 N–H and O–H groups in total. The van der Waals surface area contributed by atoms with Crippen molar-refractivity contribution in [1.82, 2.24) is 4.98 Å². The Balaban J connectivity index is 1.66. The van der Waals surface area contributed by atoms with Gasteiger partial charge in [0.1, 0.15) is 15.7 Å². The van der Waals surface area contributed by atoms with Crippen LogP contribution in [-0.4, -0.2) is 22.9 Å². The minimum absolute atomic E-state index is 0.167. The highest BCUT2D eigenvalue weighted by Crippen LogP contribution is 2.35. The Bertz CT molecular complexity index is 1160. The Morgan fingerprint density at radius 3 is 2.75 bits per heavy atom. The van der Waals surface area contributed by atoms with Crippen molar-refractivity contribution in [2.75, 3.05) is 12.4 Å². The predicted octanol–water partition coefficient (Wildman–Crippen LogP) is 4.73. The van der Waals surface area contributed by atoms with Crippen molar-refractivity contribution in [2.45, 2.75) is 0 Å². The van der Waals surface area contributed by atoms with Crippen LogP contribution >= 0.6 is 11.3 Å². The SMILES string of the molecule is COc1ccc(-c2nc3ccccc3s2)cc1NC(=O)c1ccc([N+](=O)[O-])o1. The van der Waals surface area contributed by atoms with Gasteiger partial charge >= 0.3 is 5.88 Å². The van der Waals surface area contributed by atoms with Gasteiger partial charge in [-0.15, -0.1) is 11.3 Å². The molecule has 0 aliphatic rings. The molecule has 0 radical (unpaired) electrons. The third-order valence-electron chi connectivity index (χ3n) is 3.98. The number of nitro groups is 1. The summed E-state index contributed by atoms with van der Waals surface area (Å²) in [5.41, 5.74) is 2.11. The molecule has 0 unspecified atom stereocenters. The third-order valence-corrected chi connectivity index (χ3v) is 5.07. The molecule has 1 amide bonds. The number of para-hydroxylation sites is 1. The van der Waals surface area contributed by atoms with Gasteiger partial charge in [-0.2, -0.15) is 0 Å². The standard InChI is InChI=1S/C19H13N3O5S/c1-26-14-7-6-11(19-21-12-4-2-3-5-16(12)28-19)10-13(14)20-18(23)15-8-9-17(27-15)22(24)25/h2-10H,1H3,(H,20,23). The second-order valence-corrected chi connectivity index (χ2v) is 6.78. The van der Waals surface area contributed by atoms with Crippen LogP contribution in [0.4, 0.5) is 11.6 Å². The molecule has 4 aromatic rings. The summed E-state index contributed by atoms with van der Waals surface area (Å²) in [6.07, 6.45) is 0. The molecule has 140 valence electrons. The number of hydrogen-bond acceptors (Lipinski definition) is 7. The molecule has 28 heavy (non-hydrogen) atoms. The van der Waals surface area contributed by atoms with E-state index in [2.05, 4.69) is 10.3 Å². The summed E-state index contributed by atoms with van der Waals surface area (Å²) < 4.78 is 11.3. The average Bonchev–Trinajstić information content (AvgIpc) is 3.35. The van der Waals surface area contributed by atoms with Crippen LogP contribution in [0.5, 0.6) is 5.75 Å². The maximum absolute atomic E-state index is 12.4. The van der Waals surface area contributed by atoms with Crippen LogP contribution in [0.25, 0.3) is 20.8 Å². The van der Waals surface area contributed by atoms with Crippen LogP contribution in [0.15, 0.2) is 59.0 Å². The fourth-order valence-corrected chi connectivity index (χ4v) is 3.63. The first-order valence-corrected chi connectivity index (χ1v) is 8.96. The number of nitrogens with zero attached hydrogens (tertiary/aromatic N) is 2. The number of benzene rings is 2. The molecule has 0 atom stereocenters. The average molecular weight is 395 g/mol. The van der Waals surface area contributed by atoms with Gasteiger partial charge in [-0.05, 0) is 36.4 Å². The molecule has 0 aliphatic heterocycles. The minimum Gasteiger partial charge on any atom is -0.495 e. The lowest BCUT2D eigenvalue weighted by Gasteiger charge is -2.10. The molecule has 8 nitrogen and oxygen atoms in total. The van der Waals surface area contributed by atoms with Crippen molar-refractivity contribution in [3.63, 3.8) is 0 Å². The summed E-state index contributed by atoms with van der Waals surface area (Å²) in [7, 11) is 1.49. The zero-order valence-electron chi connectivity index (χ0n) is 14.5. The highest BCUT2D eigenvalue weighted by Gasteiger charge is 2.19. The van der Waals surface area contributed by atoms with Crippen LogP contribution < -0.4 is 10.1 Å². The van der Waals surface area contributed by atoms with Gasteiger partial charge in [0.05, 0.1) is 29.1 Å². The number of anilines is 1. The second kappa shape index (κ2) is 7.12. The number of thiazole rings is 1. The van der Waals surface area contributed by atoms with Crippen molar-refractivity contribution in [3.05, 3.63) is 70.5 Å². The van der Waals surface area contributed by atoms with Crippen LogP contribution in [0, 0.1) is 10.1 Å². The third kappa shape index (κ3) is 3.30. The molecule has 0 fully saturated rings. The fourth-order valence-electron chi connectivity index (χ4n) is 2.67. The van der Waals surface area contributed by atoms with Gasteiger partial charge in [0.15, 0.2) is 5.76 Å². The second-order valence-electron chi connectivity index (χ2n) is 5.75. The van der Waals surface area contributed by atoms with Gasteiger partial charge in [0, 0.05) is 5.56 Å². The number of fused-ring (bicyclic) bond motifs is 1. The molecule has 0 saturated carbocycles. The molecule has 0 aliphatic carbocycles. The molecule has 2 heterocycles. The zero-order chi connectivity index (χ0) is 19.7. The molecule has 2 aromatic carbocycles. The van der Waals surface area contributed by atoms with Crippen molar-refractivity contribution < 1.29 is 18.9 Å². The first kappa shape index (κ1) is 17.7. The number of rotatable bonds is 5. The Labute approximate surface area is 162 Å². The van der Waals surface area contributed by atoms with E-state index in [0.29, 0.717) is 11.4 Å². The Morgan fingerprint density at radius 1 is 1.21 bits per heavy atom. The topological polar surface area (TPSA) is 108 Å². The van der Waals surface area contributed by atoms with Crippen molar-refractivity contribution in [2.24, 2.45) is 0 Å². The largest absolute Gasteiger partial charge is 0.495 e. The molecular weight excluding hydrogens is 382 g/mol. The molecule has 0 bridgehead atoms. The number of carbonyl (C=O) groups is 1. The minimum atomic E-state index is -0.703. The smallest absolute Gasteiger partial charge is 0.433 e. The fraction of sp³-hybridized carbons (Fsp3) is 0.0526. The number of ether oxygens (including phenoxy) is 1. The first-order chi connectivity index (χ1) is 13.5. The lowest BCUT2D eigenvalue weighted by molar-refractivity contribution is -0.402. The van der Waals surface area contributed by atoms with Gasteiger partial charge in [-0.1, -0.05) is 12.1 Å². The highest BCUT2D eigenvalue weighted by atomic mass is 32.1. The summed E-state index contributed by atoms with van der Waals surface area (Å²) in [6.45, 7) is 0. The van der Waals surface area contributed by atoms with E-state index < -0.39 is 16.7 Å². The maximum atomic E-state index is 12.4. The van der Waals surface area contributed by atoms with E-state index in [1.807, 2.05) is 30.3 Å². The molecular formula is C19H13N3O5S. The van der Waals surface area contributed by atoms with Gasteiger partial charge in [0.25, 0.3) is 5.91 Å². The van der Waals surface area contributed by atoms with Crippen molar-refractivity contribution >= 4 is 39.0 Å². The molecule has 2 aromatic heterocycles. The van der Waals surface area contributed by atoms with Gasteiger partial charge in [0.2, 0.25) is 0 Å². The molecule has 0 saturated heterocycles. The van der Waals surface area contributed by atoms with Crippen molar-refractivity contribution in [1.29, 1.82) is 0 Å². The predicted molar refractivity (Wildman–Crippen MR) is 105 cm³/mol. The van der Waals surface area contributed by atoms with Crippen LogP contribution in [-0.2, 0) is 0 Å². The number of amides is 1. The molecule has 4 rings (SSSR count). The van der Waals surface area contributed by atoms with E-state index in [-0.39, 0.29) is 5.76 Å². The van der Waals surface area contributed by atoms with Crippen LogP contribution in [0.2, 0.25) is 0 Å². The molecule has 0 spiro atoms. The summed E-state index contributed by atoms with van der Waals surface area (Å²) in [4.78, 5) is 27.0. The summed E-state index contributed by atoms with van der Waals surface area (Å²) >= 11 is 1.54. The first-order valence-electron chi connectivity index (χ1n) is 8.15. The number of aromatic nitrogens is 1. The van der Waals surface area contributed by atoms with Crippen LogP contribution in [0.1, 0.15) is 10.6 Å². The van der Waals surface area contributed by atoms with Crippen LogP contribution in [0.3, 0.4) is 0 Å². The van der Waals surface area contributed by atoms with E-state index in [4.69, 9.17) is 9.15 Å². The zero-order valence-corrected chi connectivity index (χ0v) is 15.4. The number of hydrogen-bond donors (Lipinski definition) is 1. The van der Waals surface area contributed by atoms with Gasteiger partial charge < -0.3 is 14.5 Å². The van der Waals surface area contributed by atoms with E-state index in [1.54, 1.807) is 12.1 Å². The summed E-state index contributed by atoms with van der Waals surface area (Å²) in [5.74, 6) is -0.841. The lowest BCUT2D eigenvalue weighted by atomic mass is 10.2. The van der Waals surface area contributed by atoms with E-state index in [9.17, 15) is 14.9 Å². The molecule has 9 heteroatoms. The maximum Gasteiger partial charge on any atom is 0.433 e. The highest BCUT2D eigenvalue weighted by molar-refractivity contribution is 7.21. The van der Waals surface area contributed by atoms with Gasteiger partial charge in [-0.3, -0.25) is 14.9 Å². The van der Waals surface area contributed by atoms with E-state index in [1.165, 1.54) is 24.5 Å². The van der Waals surface area contributed by atoms with Gasteiger partial charge in [-0.25, -0.2) is 4.98 Å². The monoisotopic (exact) mass is 395 g/mol. The Morgan fingerprint density at radius 2 is 2.04 bits per heavy atom. The number of methoxy groups -OCH3 is 1. The number of carbonyl (C=O) groups excluding carboxylic acids is 1. The van der Waals surface area contributed by atoms with Crippen molar-refractivity contribution in [3.8, 4) is 16.3 Å². The normalized spacial score (nSPS) is 10.8. The number of furan rings is 1. The summed E-state index contributed by atoms with van der Waals surface area (Å²) in [5, 5.41) is 14.2. The van der Waals surface area contributed by atoms with E-state index >= 15 is 0 Å². The Hall–Kier alpha value is -3.72. The van der Waals surface area contributed by atoms with E-state index in [0.717, 1.165) is 26.9 Å². The Kier molecular flexibility index (Phi) is 4.50.